The quantitative estimate of drug-likeness (QED) is 0.233. The van der Waals surface area contributed by atoms with E-state index in [9.17, 15) is 0 Å². The van der Waals surface area contributed by atoms with Gasteiger partial charge in [-0.25, -0.2) is 0 Å². The van der Waals surface area contributed by atoms with Crippen LogP contribution < -0.4 is 9.47 Å². The second-order valence-corrected chi connectivity index (χ2v) is 9.23. The van der Waals surface area contributed by atoms with Gasteiger partial charge in [-0.05, 0) is 45.3 Å². The zero-order chi connectivity index (χ0) is 23.0. The monoisotopic (exact) mass is 448 g/mol. The molecular weight excluding hydrogens is 428 g/mol. The molecule has 0 fully saturated rings. The largest absolute Gasteiger partial charge is 0.444 e. The van der Waals surface area contributed by atoms with Crippen LogP contribution in [0.1, 0.15) is 11.1 Å². The summed E-state index contributed by atoms with van der Waals surface area (Å²) in [6.07, 6.45) is 0. The van der Waals surface area contributed by atoms with Gasteiger partial charge in [0.1, 0.15) is 11.5 Å². The summed E-state index contributed by atoms with van der Waals surface area (Å²) in [5.41, 5.74) is 6.58. The minimum atomic E-state index is -1.08. The highest BCUT2D eigenvalue weighted by Gasteiger charge is 2.50. The Morgan fingerprint density at radius 3 is 1.83 bits per heavy atom. The summed E-state index contributed by atoms with van der Waals surface area (Å²) < 4.78 is 13.9. The van der Waals surface area contributed by atoms with Gasteiger partial charge in [0.05, 0.1) is 0 Å². The molecule has 2 heterocycles. The maximum Gasteiger partial charge on any atom is 0.306 e. The molecule has 2 aliphatic heterocycles. The molecule has 1 atom stereocenters. The Balaban J connectivity index is 1.55. The van der Waals surface area contributed by atoms with Gasteiger partial charge in [0.15, 0.2) is 0 Å². The number of fused-ring (bicyclic) bond motifs is 12. The first kappa shape index (κ1) is 18.8. The molecule has 0 saturated carbocycles. The van der Waals surface area contributed by atoms with Gasteiger partial charge in [0, 0.05) is 27.8 Å². The van der Waals surface area contributed by atoms with Gasteiger partial charge in [-0.2, -0.15) is 0 Å². The van der Waals surface area contributed by atoms with E-state index in [0.29, 0.717) is 0 Å². The van der Waals surface area contributed by atoms with E-state index in [2.05, 4.69) is 109 Å². The van der Waals surface area contributed by atoms with Gasteiger partial charge in [-0.3, -0.25) is 0 Å². The zero-order valence-corrected chi connectivity index (χ0v) is 18.9. The molecule has 0 amide bonds. The molecule has 6 aromatic rings. The van der Waals surface area contributed by atoms with E-state index in [0.717, 1.165) is 39.3 Å². The van der Waals surface area contributed by atoms with Crippen LogP contribution in [0.2, 0.25) is 0 Å². The van der Waals surface area contributed by atoms with Gasteiger partial charge in [-0.1, -0.05) is 103 Å². The average Bonchev–Trinajstić information content (AvgIpc) is 2.93. The molecule has 8 rings (SSSR count). The van der Waals surface area contributed by atoms with Gasteiger partial charge in [0.2, 0.25) is 0 Å². The van der Waals surface area contributed by atoms with Crippen molar-refractivity contribution in [1.82, 2.24) is 0 Å². The number of para-hydroxylation sites is 1. The van der Waals surface area contributed by atoms with Crippen molar-refractivity contribution in [2.45, 2.75) is 5.79 Å². The predicted octanol–water partition coefficient (Wildman–Crippen LogP) is 8.31. The Morgan fingerprint density at radius 1 is 0.400 bits per heavy atom. The molecule has 0 radical (unpaired) electrons. The summed E-state index contributed by atoms with van der Waals surface area (Å²) in [6.45, 7) is 0. The van der Waals surface area contributed by atoms with Crippen molar-refractivity contribution < 1.29 is 9.47 Å². The van der Waals surface area contributed by atoms with Crippen LogP contribution in [-0.4, -0.2) is 0 Å². The molecule has 0 aromatic heterocycles. The SMILES string of the molecule is c1ccc2c(c1)OC1(Oc3ccc4ccccc4c3-c3c1ccc1ccccc31)c1ccccc1-2. The summed E-state index contributed by atoms with van der Waals surface area (Å²) in [4.78, 5) is 0. The van der Waals surface area contributed by atoms with Crippen LogP contribution in [0.15, 0.2) is 121 Å². The molecule has 0 N–H and O–H groups in total. The fourth-order valence-corrected chi connectivity index (χ4v) is 5.89. The van der Waals surface area contributed by atoms with E-state index >= 15 is 0 Å². The molecule has 1 spiro atoms. The normalized spacial score (nSPS) is 17.1. The summed E-state index contributed by atoms with van der Waals surface area (Å²) in [6, 6.07) is 42.4. The third-order valence-corrected chi connectivity index (χ3v) is 7.39. The topological polar surface area (TPSA) is 18.5 Å². The van der Waals surface area contributed by atoms with Crippen molar-refractivity contribution in [1.29, 1.82) is 0 Å². The van der Waals surface area contributed by atoms with Gasteiger partial charge < -0.3 is 9.47 Å². The molecule has 1 unspecified atom stereocenters. The highest BCUT2D eigenvalue weighted by atomic mass is 16.7. The van der Waals surface area contributed by atoms with Crippen molar-refractivity contribution >= 4 is 21.5 Å². The second kappa shape index (κ2) is 6.74. The Morgan fingerprint density at radius 2 is 1.00 bits per heavy atom. The van der Waals surface area contributed by atoms with E-state index in [1.165, 1.54) is 27.1 Å². The van der Waals surface area contributed by atoms with E-state index in [4.69, 9.17) is 9.47 Å². The van der Waals surface area contributed by atoms with Crippen LogP contribution in [0.4, 0.5) is 0 Å². The molecule has 2 nitrogen and oxygen atoms in total. The smallest absolute Gasteiger partial charge is 0.306 e. The zero-order valence-electron chi connectivity index (χ0n) is 18.9. The number of ether oxygens (including phenoxy) is 2. The molecule has 2 aliphatic rings. The van der Waals surface area contributed by atoms with Crippen LogP contribution in [-0.2, 0) is 5.79 Å². The molecule has 2 heteroatoms. The van der Waals surface area contributed by atoms with E-state index in [1.54, 1.807) is 0 Å². The van der Waals surface area contributed by atoms with Crippen LogP contribution >= 0.6 is 0 Å². The third kappa shape index (κ3) is 2.43. The summed E-state index contributed by atoms with van der Waals surface area (Å²) >= 11 is 0. The summed E-state index contributed by atoms with van der Waals surface area (Å²) in [7, 11) is 0. The lowest BCUT2D eigenvalue weighted by molar-refractivity contribution is -0.0876. The van der Waals surface area contributed by atoms with Gasteiger partial charge >= 0.3 is 5.79 Å². The Bertz CT molecular complexity index is 1820. The van der Waals surface area contributed by atoms with E-state index < -0.39 is 5.79 Å². The first-order valence-electron chi connectivity index (χ1n) is 11.9. The number of hydrogen-bond acceptors (Lipinski definition) is 2. The lowest BCUT2D eigenvalue weighted by atomic mass is 9.79. The molecular formula is C33H20O2. The van der Waals surface area contributed by atoms with Crippen molar-refractivity contribution in [3.63, 3.8) is 0 Å². The molecule has 0 saturated heterocycles. The maximum atomic E-state index is 7.01. The number of hydrogen-bond donors (Lipinski definition) is 0. The minimum Gasteiger partial charge on any atom is -0.444 e. The highest BCUT2D eigenvalue weighted by molar-refractivity contribution is 6.10. The summed E-state index contributed by atoms with van der Waals surface area (Å²) in [5, 5.41) is 4.78. The van der Waals surface area contributed by atoms with Gasteiger partial charge in [-0.15, -0.1) is 0 Å². The second-order valence-electron chi connectivity index (χ2n) is 9.23. The molecule has 35 heavy (non-hydrogen) atoms. The third-order valence-electron chi connectivity index (χ3n) is 7.39. The van der Waals surface area contributed by atoms with Crippen LogP contribution in [0.3, 0.4) is 0 Å². The molecule has 164 valence electrons. The van der Waals surface area contributed by atoms with E-state index in [-0.39, 0.29) is 0 Å². The Kier molecular flexibility index (Phi) is 3.62. The summed E-state index contributed by atoms with van der Waals surface area (Å²) in [5.74, 6) is 0.580. The van der Waals surface area contributed by atoms with E-state index in [1.807, 2.05) is 12.1 Å². The first-order chi connectivity index (χ1) is 17.3. The Labute approximate surface area is 203 Å². The predicted molar refractivity (Wildman–Crippen MR) is 141 cm³/mol. The number of benzene rings is 6. The Hall–Kier alpha value is -4.56. The lowest BCUT2D eigenvalue weighted by Crippen LogP contribution is -2.45. The number of rotatable bonds is 0. The first-order valence-corrected chi connectivity index (χ1v) is 11.9. The fourth-order valence-electron chi connectivity index (χ4n) is 5.89. The van der Waals surface area contributed by atoms with Crippen molar-refractivity contribution in [2.75, 3.05) is 0 Å². The maximum absolute atomic E-state index is 7.01. The van der Waals surface area contributed by atoms with Crippen LogP contribution in [0.25, 0.3) is 43.8 Å². The van der Waals surface area contributed by atoms with Crippen LogP contribution in [0, 0.1) is 0 Å². The minimum absolute atomic E-state index is 0.828. The van der Waals surface area contributed by atoms with Crippen molar-refractivity contribution in [2.24, 2.45) is 0 Å². The van der Waals surface area contributed by atoms with Crippen LogP contribution in [0.5, 0.6) is 11.5 Å². The molecule has 0 aliphatic carbocycles. The molecule has 0 bridgehead atoms. The molecule has 6 aromatic carbocycles. The van der Waals surface area contributed by atoms with Gasteiger partial charge in [0.25, 0.3) is 0 Å². The van der Waals surface area contributed by atoms with Crippen molar-refractivity contribution in [3.05, 3.63) is 132 Å². The average molecular weight is 449 g/mol. The van der Waals surface area contributed by atoms with Crippen molar-refractivity contribution in [3.8, 4) is 33.8 Å². The highest BCUT2D eigenvalue weighted by Crippen LogP contribution is 2.57. The standard InChI is InChI=1S/C33H20O2/c1-3-11-23-21(9-1)17-19-28-31(23)32-24-12-4-2-10-22(24)18-20-30(32)35-33(28)27-15-7-5-13-25(27)26-14-6-8-16-29(26)34-33/h1-20H. The lowest BCUT2D eigenvalue weighted by Gasteiger charge is -2.44. The fraction of sp³-hybridized carbons (Fsp3) is 0.0303.